The molecule has 0 aliphatic heterocycles. The maximum atomic E-state index is 4.36. The highest BCUT2D eigenvalue weighted by atomic mass is 14.8. The van der Waals surface area contributed by atoms with Gasteiger partial charge < -0.3 is 5.32 Å². The van der Waals surface area contributed by atoms with Gasteiger partial charge in [-0.15, -0.1) is 0 Å². The zero-order valence-electron chi connectivity index (χ0n) is 11.3. The van der Waals surface area contributed by atoms with Gasteiger partial charge in [0.05, 0.1) is 0 Å². The molecule has 1 aromatic heterocycles. The molecule has 0 spiro atoms. The number of nitrogens with zero attached hydrogens (tertiary/aromatic N) is 1. The van der Waals surface area contributed by atoms with Gasteiger partial charge in [0.1, 0.15) is 0 Å². The van der Waals surface area contributed by atoms with Crippen LogP contribution < -0.4 is 5.32 Å². The summed E-state index contributed by atoms with van der Waals surface area (Å²) in [6.07, 6.45) is 6.33. The Kier molecular flexibility index (Phi) is 4.71. The van der Waals surface area contributed by atoms with Gasteiger partial charge >= 0.3 is 0 Å². The second-order valence-electron chi connectivity index (χ2n) is 4.89. The maximum absolute atomic E-state index is 4.36. The highest BCUT2D eigenvalue weighted by Gasteiger charge is 2.09. The topological polar surface area (TPSA) is 24.9 Å². The fourth-order valence-electron chi connectivity index (χ4n) is 2.31. The van der Waals surface area contributed by atoms with Crippen molar-refractivity contribution in [2.75, 3.05) is 13.1 Å². The van der Waals surface area contributed by atoms with E-state index in [1.165, 1.54) is 22.8 Å². The van der Waals surface area contributed by atoms with Gasteiger partial charge in [-0.3, -0.25) is 4.98 Å². The van der Waals surface area contributed by atoms with E-state index in [9.17, 15) is 0 Å². The second-order valence-corrected chi connectivity index (χ2v) is 4.89. The van der Waals surface area contributed by atoms with E-state index in [1.807, 2.05) is 12.4 Å². The first-order valence-electron chi connectivity index (χ1n) is 6.86. The van der Waals surface area contributed by atoms with Crippen LogP contribution in [0.1, 0.15) is 38.2 Å². The average Bonchev–Trinajstić information content (AvgIpc) is 2.43. The van der Waals surface area contributed by atoms with Crippen LogP contribution in [-0.4, -0.2) is 18.1 Å². The summed E-state index contributed by atoms with van der Waals surface area (Å²) >= 11 is 0. The van der Waals surface area contributed by atoms with Crippen LogP contribution in [0.3, 0.4) is 0 Å². The van der Waals surface area contributed by atoms with Crippen molar-refractivity contribution in [1.29, 1.82) is 0 Å². The lowest BCUT2D eigenvalue weighted by molar-refractivity contribution is 0.592. The van der Waals surface area contributed by atoms with Gasteiger partial charge in [0.25, 0.3) is 0 Å². The van der Waals surface area contributed by atoms with Gasteiger partial charge in [-0.05, 0) is 42.8 Å². The average molecular weight is 242 g/mol. The fraction of sp³-hybridized carbons (Fsp3) is 0.438. The second kappa shape index (κ2) is 6.50. The summed E-state index contributed by atoms with van der Waals surface area (Å²) < 4.78 is 0. The van der Waals surface area contributed by atoms with Crippen molar-refractivity contribution in [3.05, 3.63) is 42.2 Å². The molecule has 1 heterocycles. The molecule has 1 atom stereocenters. The smallest absolute Gasteiger partial charge is 0.0346 e. The van der Waals surface area contributed by atoms with E-state index in [4.69, 9.17) is 0 Å². The molecular weight excluding hydrogens is 220 g/mol. The predicted molar refractivity (Wildman–Crippen MR) is 77.9 cm³/mol. The van der Waals surface area contributed by atoms with E-state index in [0.29, 0.717) is 5.92 Å². The third-order valence-electron chi connectivity index (χ3n) is 3.41. The number of rotatable bonds is 6. The van der Waals surface area contributed by atoms with Crippen LogP contribution in [0.15, 0.2) is 36.7 Å². The van der Waals surface area contributed by atoms with Crippen molar-refractivity contribution >= 4 is 10.8 Å². The van der Waals surface area contributed by atoms with Gasteiger partial charge in [0.2, 0.25) is 0 Å². The third-order valence-corrected chi connectivity index (χ3v) is 3.41. The Labute approximate surface area is 109 Å². The van der Waals surface area contributed by atoms with Crippen molar-refractivity contribution in [2.45, 2.75) is 32.6 Å². The first kappa shape index (κ1) is 13.0. The van der Waals surface area contributed by atoms with E-state index in [-0.39, 0.29) is 0 Å². The largest absolute Gasteiger partial charge is 0.317 e. The number of nitrogens with one attached hydrogen (secondary N) is 1. The molecule has 0 bridgehead atoms. The van der Waals surface area contributed by atoms with Crippen molar-refractivity contribution in [3.63, 3.8) is 0 Å². The lowest BCUT2D eigenvalue weighted by atomic mass is 9.94. The number of pyridine rings is 1. The zero-order valence-corrected chi connectivity index (χ0v) is 11.3. The minimum Gasteiger partial charge on any atom is -0.317 e. The Morgan fingerprint density at radius 1 is 1.17 bits per heavy atom. The third kappa shape index (κ3) is 3.08. The number of benzene rings is 1. The number of aromatic nitrogens is 1. The number of hydrogen-bond acceptors (Lipinski definition) is 2. The zero-order chi connectivity index (χ0) is 12.8. The summed E-state index contributed by atoms with van der Waals surface area (Å²) in [5, 5.41) is 6.05. The molecule has 1 aromatic carbocycles. The van der Waals surface area contributed by atoms with Crippen molar-refractivity contribution in [1.82, 2.24) is 10.3 Å². The molecule has 0 saturated heterocycles. The predicted octanol–water partition coefficient (Wildman–Crippen LogP) is 3.73. The Balaban J connectivity index is 2.10. The van der Waals surface area contributed by atoms with Crippen LogP contribution in [0.5, 0.6) is 0 Å². The Morgan fingerprint density at radius 3 is 2.83 bits per heavy atom. The molecule has 2 heteroatoms. The summed E-state index contributed by atoms with van der Waals surface area (Å²) in [6.45, 7) is 6.68. The molecular formula is C16H22N2. The highest BCUT2D eigenvalue weighted by molar-refractivity contribution is 5.85. The Bertz CT molecular complexity index is 488. The van der Waals surface area contributed by atoms with Gasteiger partial charge in [-0.1, -0.05) is 38.1 Å². The van der Waals surface area contributed by atoms with Crippen molar-refractivity contribution in [3.8, 4) is 0 Å². The molecule has 96 valence electrons. The maximum Gasteiger partial charge on any atom is 0.0346 e. The molecule has 1 unspecified atom stereocenters. The first-order valence-corrected chi connectivity index (χ1v) is 6.86. The molecule has 2 nitrogen and oxygen atoms in total. The van der Waals surface area contributed by atoms with Gasteiger partial charge in [-0.2, -0.15) is 0 Å². The van der Waals surface area contributed by atoms with Crippen LogP contribution in [0, 0.1) is 0 Å². The summed E-state index contributed by atoms with van der Waals surface area (Å²) in [5.41, 5.74) is 1.37. The summed E-state index contributed by atoms with van der Waals surface area (Å²) in [7, 11) is 0. The Hall–Kier alpha value is -1.41. The lowest BCUT2D eigenvalue weighted by Gasteiger charge is -2.14. The normalized spacial score (nSPS) is 12.8. The minimum absolute atomic E-state index is 0.549. The lowest BCUT2D eigenvalue weighted by Crippen LogP contribution is -2.17. The standard InChI is InChI=1S/C16H22N2/c1-3-9-17-10-8-13(2)16-12-18-11-14-6-4-5-7-15(14)16/h4-7,11-13,17H,3,8-10H2,1-2H3. The molecule has 0 saturated carbocycles. The van der Waals surface area contributed by atoms with E-state index < -0.39 is 0 Å². The molecule has 18 heavy (non-hydrogen) atoms. The highest BCUT2D eigenvalue weighted by Crippen LogP contribution is 2.26. The van der Waals surface area contributed by atoms with Crippen LogP contribution in [0.2, 0.25) is 0 Å². The molecule has 1 N–H and O–H groups in total. The van der Waals surface area contributed by atoms with Gasteiger partial charge in [-0.25, -0.2) is 0 Å². The summed E-state index contributed by atoms with van der Waals surface area (Å²) in [6, 6.07) is 8.51. The molecule has 2 aromatic rings. The molecule has 0 fully saturated rings. The number of hydrogen-bond donors (Lipinski definition) is 1. The quantitative estimate of drug-likeness (QED) is 0.781. The Morgan fingerprint density at radius 2 is 2.00 bits per heavy atom. The van der Waals surface area contributed by atoms with E-state index in [1.54, 1.807) is 0 Å². The summed E-state index contributed by atoms with van der Waals surface area (Å²) in [4.78, 5) is 4.36. The van der Waals surface area contributed by atoms with Crippen LogP contribution in [0.25, 0.3) is 10.8 Å². The SMILES string of the molecule is CCCNCCC(C)c1cncc2ccccc12. The van der Waals surface area contributed by atoms with Crippen LogP contribution in [-0.2, 0) is 0 Å². The monoisotopic (exact) mass is 242 g/mol. The van der Waals surface area contributed by atoms with Crippen LogP contribution >= 0.6 is 0 Å². The molecule has 0 aliphatic rings. The summed E-state index contributed by atoms with van der Waals surface area (Å²) in [5.74, 6) is 0.549. The van der Waals surface area contributed by atoms with Gasteiger partial charge in [0, 0.05) is 17.8 Å². The minimum atomic E-state index is 0.549. The van der Waals surface area contributed by atoms with Crippen molar-refractivity contribution in [2.24, 2.45) is 0 Å². The molecule has 0 amide bonds. The molecule has 0 radical (unpaired) electrons. The van der Waals surface area contributed by atoms with Crippen LogP contribution in [0.4, 0.5) is 0 Å². The van der Waals surface area contributed by atoms with E-state index in [0.717, 1.165) is 19.5 Å². The number of fused-ring (bicyclic) bond motifs is 1. The van der Waals surface area contributed by atoms with E-state index in [2.05, 4.69) is 48.4 Å². The van der Waals surface area contributed by atoms with E-state index >= 15 is 0 Å². The van der Waals surface area contributed by atoms with Crippen molar-refractivity contribution < 1.29 is 0 Å². The molecule has 2 rings (SSSR count). The fourth-order valence-corrected chi connectivity index (χ4v) is 2.31. The first-order chi connectivity index (χ1) is 8.83. The van der Waals surface area contributed by atoms with Gasteiger partial charge in [0.15, 0.2) is 0 Å². The molecule has 0 aliphatic carbocycles.